The van der Waals surface area contributed by atoms with Crippen LogP contribution in [-0.2, 0) is 9.53 Å². The van der Waals surface area contributed by atoms with Gasteiger partial charge in [0, 0.05) is 5.56 Å². The van der Waals surface area contributed by atoms with Crippen molar-refractivity contribution < 1.29 is 28.5 Å². The number of thiazole rings is 1. The maximum absolute atomic E-state index is 14.1. The Morgan fingerprint density at radius 1 is 0.976 bits per heavy atom. The Morgan fingerprint density at radius 3 is 2.54 bits per heavy atom. The van der Waals surface area contributed by atoms with E-state index >= 15 is 0 Å². The van der Waals surface area contributed by atoms with E-state index in [1.807, 2.05) is 54.6 Å². The van der Waals surface area contributed by atoms with Gasteiger partial charge in [-0.3, -0.25) is 9.36 Å². The zero-order valence-corrected chi connectivity index (χ0v) is 22.8. The second kappa shape index (κ2) is 10.3. The van der Waals surface area contributed by atoms with Crippen LogP contribution in [0.2, 0.25) is 0 Å². The van der Waals surface area contributed by atoms with Crippen molar-refractivity contribution in [2.75, 3.05) is 26.6 Å². The summed E-state index contributed by atoms with van der Waals surface area (Å²) in [5.41, 5.74) is 2.65. The van der Waals surface area contributed by atoms with Crippen molar-refractivity contribution in [1.82, 2.24) is 4.57 Å². The first-order chi connectivity index (χ1) is 20.1. The summed E-state index contributed by atoms with van der Waals surface area (Å²) >= 11 is 1.26. The summed E-state index contributed by atoms with van der Waals surface area (Å²) in [6.45, 7) is 2.99. The van der Waals surface area contributed by atoms with Crippen LogP contribution in [0.3, 0.4) is 0 Å². The molecule has 7 rings (SSSR count). The highest BCUT2D eigenvalue weighted by molar-refractivity contribution is 7.07. The molecule has 206 valence electrons. The van der Waals surface area contributed by atoms with Gasteiger partial charge in [0.15, 0.2) is 27.8 Å². The molecular weight excluding hydrogens is 544 g/mol. The predicted molar refractivity (Wildman–Crippen MR) is 151 cm³/mol. The molecule has 3 aliphatic rings. The lowest BCUT2D eigenvalue weighted by molar-refractivity contribution is -0.138. The Bertz CT molecular complexity index is 1890. The maximum atomic E-state index is 14.1. The van der Waals surface area contributed by atoms with E-state index in [1.54, 1.807) is 29.7 Å². The van der Waals surface area contributed by atoms with Gasteiger partial charge in [0.25, 0.3) is 5.56 Å². The Morgan fingerprint density at radius 2 is 1.71 bits per heavy atom. The number of aromatic nitrogens is 1. The van der Waals surface area contributed by atoms with Crippen LogP contribution < -0.4 is 33.8 Å². The minimum Gasteiger partial charge on any atom is -0.486 e. The van der Waals surface area contributed by atoms with E-state index in [2.05, 4.69) is 0 Å². The molecule has 10 heteroatoms. The molecular formula is C31H24N2O7S. The van der Waals surface area contributed by atoms with E-state index in [1.165, 1.54) is 11.3 Å². The maximum Gasteiger partial charge on any atom is 0.338 e. The lowest BCUT2D eigenvalue weighted by Crippen LogP contribution is -2.40. The molecule has 41 heavy (non-hydrogen) atoms. The van der Waals surface area contributed by atoms with Gasteiger partial charge in [-0.1, -0.05) is 53.8 Å². The van der Waals surface area contributed by atoms with E-state index in [4.69, 9.17) is 28.7 Å². The number of hydrogen-bond donors (Lipinski definition) is 0. The van der Waals surface area contributed by atoms with Gasteiger partial charge >= 0.3 is 5.97 Å². The van der Waals surface area contributed by atoms with Crippen LogP contribution in [0, 0.1) is 0 Å². The average molecular weight is 569 g/mol. The van der Waals surface area contributed by atoms with Gasteiger partial charge < -0.3 is 23.7 Å². The van der Waals surface area contributed by atoms with Gasteiger partial charge in [0.1, 0.15) is 13.2 Å². The second-order valence-corrected chi connectivity index (χ2v) is 10.5. The Labute approximate surface area is 238 Å². The highest BCUT2D eigenvalue weighted by atomic mass is 32.1. The molecule has 0 unspecified atom stereocenters. The highest BCUT2D eigenvalue weighted by Gasteiger charge is 2.36. The minimum absolute atomic E-state index is 0.104. The zero-order valence-electron chi connectivity index (χ0n) is 22.0. The predicted octanol–water partition coefficient (Wildman–Crippen LogP) is 3.44. The Hall–Kier alpha value is -4.83. The van der Waals surface area contributed by atoms with Gasteiger partial charge in [-0.15, -0.1) is 0 Å². The number of fused-ring (bicyclic) bond motifs is 3. The van der Waals surface area contributed by atoms with Gasteiger partial charge in [-0.2, -0.15) is 0 Å². The summed E-state index contributed by atoms with van der Waals surface area (Å²) in [5.74, 6) is 1.90. The normalized spacial score (nSPS) is 17.2. The summed E-state index contributed by atoms with van der Waals surface area (Å²) in [6.07, 6.45) is 1.80. The number of carbonyl (C=O) groups is 1. The molecule has 0 fully saturated rings. The van der Waals surface area contributed by atoms with Gasteiger partial charge in [0.05, 0.1) is 28.5 Å². The third-order valence-corrected chi connectivity index (χ3v) is 7.93. The lowest BCUT2D eigenvalue weighted by atomic mass is 9.93. The summed E-state index contributed by atoms with van der Waals surface area (Å²) in [4.78, 5) is 33.0. The van der Waals surface area contributed by atoms with Crippen LogP contribution in [0.1, 0.15) is 29.7 Å². The quantitative estimate of drug-likeness (QED) is 0.340. The third kappa shape index (κ3) is 4.46. The zero-order chi connectivity index (χ0) is 27.9. The molecule has 0 spiro atoms. The van der Waals surface area contributed by atoms with E-state index in [0.717, 1.165) is 11.1 Å². The molecule has 0 radical (unpaired) electrons. The van der Waals surface area contributed by atoms with Crippen molar-refractivity contribution in [3.8, 4) is 23.0 Å². The minimum atomic E-state index is -0.808. The number of carbonyl (C=O) groups excluding carboxylic acids is 1. The SMILES string of the molecule is CCOC(=O)C1=C(c2ccccc2)N=c2s/c(=C/c3ccc4c(c3)OCCO4)c(=O)n2[C@@H]1c1ccc2c(c1)OCO2. The first-order valence-corrected chi connectivity index (χ1v) is 14.0. The van der Waals surface area contributed by atoms with Crippen LogP contribution >= 0.6 is 11.3 Å². The fourth-order valence-corrected chi connectivity index (χ4v) is 6.14. The van der Waals surface area contributed by atoms with Crippen molar-refractivity contribution >= 4 is 29.1 Å². The molecule has 0 saturated carbocycles. The molecule has 0 aliphatic carbocycles. The van der Waals surface area contributed by atoms with Crippen molar-refractivity contribution in [1.29, 1.82) is 0 Å². The Kier molecular flexibility index (Phi) is 6.31. The van der Waals surface area contributed by atoms with Crippen LogP contribution in [-0.4, -0.2) is 37.1 Å². The average Bonchev–Trinajstić information content (AvgIpc) is 3.60. The molecule has 3 aliphatic heterocycles. The van der Waals surface area contributed by atoms with E-state index in [-0.39, 0.29) is 24.5 Å². The first kappa shape index (κ1) is 25.2. The fourth-order valence-electron chi connectivity index (χ4n) is 5.14. The van der Waals surface area contributed by atoms with E-state index in [9.17, 15) is 9.59 Å². The van der Waals surface area contributed by atoms with E-state index in [0.29, 0.717) is 56.8 Å². The second-order valence-electron chi connectivity index (χ2n) is 9.45. The van der Waals surface area contributed by atoms with Gasteiger partial charge in [0.2, 0.25) is 6.79 Å². The highest BCUT2D eigenvalue weighted by Crippen LogP contribution is 2.40. The summed E-state index contributed by atoms with van der Waals surface area (Å²) in [5, 5.41) is 0. The molecule has 0 N–H and O–H groups in total. The summed E-state index contributed by atoms with van der Waals surface area (Å²) in [6, 6.07) is 19.6. The standard InChI is InChI=1S/C31H24N2O7S/c1-2-36-30(35)26-27(19-6-4-3-5-7-19)32-31-33(28(26)20-9-11-22-24(16-20)40-17-39-22)29(34)25(41-31)15-18-8-10-21-23(14-18)38-13-12-37-21/h3-11,14-16,28H,2,12-13,17H2,1H3/b25-15+/t28-/m1/s1. The number of esters is 1. The van der Waals surface area contributed by atoms with Crippen LogP contribution in [0.4, 0.5) is 0 Å². The third-order valence-electron chi connectivity index (χ3n) is 6.95. The number of benzene rings is 3. The van der Waals surface area contributed by atoms with Crippen molar-refractivity contribution in [2.24, 2.45) is 4.99 Å². The van der Waals surface area contributed by atoms with Crippen LogP contribution in [0.15, 0.2) is 82.1 Å². The van der Waals surface area contributed by atoms with Gasteiger partial charge in [-0.05, 0) is 48.4 Å². The molecule has 3 aromatic carbocycles. The first-order valence-electron chi connectivity index (χ1n) is 13.2. The molecule has 1 aromatic heterocycles. The molecule has 4 aromatic rings. The topological polar surface area (TPSA) is 97.6 Å². The van der Waals surface area contributed by atoms with Crippen LogP contribution in [0.5, 0.6) is 23.0 Å². The number of nitrogens with zero attached hydrogens (tertiary/aromatic N) is 2. The van der Waals surface area contributed by atoms with Crippen molar-refractivity contribution in [3.63, 3.8) is 0 Å². The molecule has 9 nitrogen and oxygen atoms in total. The van der Waals surface area contributed by atoms with Crippen molar-refractivity contribution in [2.45, 2.75) is 13.0 Å². The molecule has 0 saturated heterocycles. The smallest absolute Gasteiger partial charge is 0.338 e. The van der Waals surface area contributed by atoms with Gasteiger partial charge in [-0.25, -0.2) is 9.79 Å². The summed E-state index contributed by atoms with van der Waals surface area (Å²) < 4.78 is 30.1. The molecule has 0 amide bonds. The van der Waals surface area contributed by atoms with Crippen molar-refractivity contribution in [3.05, 3.63) is 109 Å². The molecule has 1 atom stereocenters. The van der Waals surface area contributed by atoms with Crippen LogP contribution in [0.25, 0.3) is 11.8 Å². The molecule has 0 bridgehead atoms. The largest absolute Gasteiger partial charge is 0.486 e. The number of ether oxygens (including phenoxy) is 5. The number of hydrogen-bond acceptors (Lipinski definition) is 9. The molecule has 4 heterocycles. The van der Waals surface area contributed by atoms with E-state index < -0.39 is 12.0 Å². The monoisotopic (exact) mass is 568 g/mol. The Balaban J connectivity index is 1.47. The number of rotatable bonds is 5. The lowest BCUT2D eigenvalue weighted by Gasteiger charge is -2.26. The fraction of sp³-hybridized carbons (Fsp3) is 0.194. The summed E-state index contributed by atoms with van der Waals surface area (Å²) in [7, 11) is 0.